The van der Waals surface area contributed by atoms with E-state index in [0.29, 0.717) is 5.06 Å². The van der Waals surface area contributed by atoms with Gasteiger partial charge in [0.25, 0.3) is 0 Å². The van der Waals surface area contributed by atoms with E-state index >= 15 is 0 Å². The number of nitrogen functional groups attached to an aromatic ring is 1. The first-order chi connectivity index (χ1) is 6.20. The van der Waals surface area contributed by atoms with Gasteiger partial charge in [0.15, 0.2) is 5.06 Å². The van der Waals surface area contributed by atoms with Gasteiger partial charge in [0, 0.05) is 26.7 Å². The molecule has 1 heterocycles. The standard InChI is InChI=1S/C9H9NOS2/c1-12-7-2-5(10)3-8-6(7)4-9(11)13-8/h2-4,11H,10H2,1H3. The number of rotatable bonds is 1. The highest BCUT2D eigenvalue weighted by Gasteiger charge is 2.05. The molecule has 0 fully saturated rings. The zero-order chi connectivity index (χ0) is 9.42. The molecule has 1 aromatic heterocycles. The molecule has 0 radical (unpaired) electrons. The predicted molar refractivity (Wildman–Crippen MR) is 59.7 cm³/mol. The maximum atomic E-state index is 9.34. The van der Waals surface area contributed by atoms with Gasteiger partial charge in [0.05, 0.1) is 0 Å². The second kappa shape index (κ2) is 3.12. The lowest BCUT2D eigenvalue weighted by atomic mass is 10.2. The minimum Gasteiger partial charge on any atom is -0.499 e. The molecule has 0 unspecified atom stereocenters. The summed E-state index contributed by atoms with van der Waals surface area (Å²) in [4.78, 5) is 1.12. The van der Waals surface area contributed by atoms with Crippen LogP contribution in [0.25, 0.3) is 10.1 Å². The van der Waals surface area contributed by atoms with E-state index in [-0.39, 0.29) is 0 Å². The van der Waals surface area contributed by atoms with Crippen LogP contribution in [0.1, 0.15) is 0 Å². The molecular formula is C9H9NOS2. The smallest absolute Gasteiger partial charge is 0.172 e. The molecule has 0 atom stereocenters. The molecule has 0 aliphatic heterocycles. The minimum absolute atomic E-state index is 0.343. The van der Waals surface area contributed by atoms with Crippen LogP contribution in [0.2, 0.25) is 0 Å². The van der Waals surface area contributed by atoms with Crippen molar-refractivity contribution in [2.75, 3.05) is 12.0 Å². The van der Waals surface area contributed by atoms with E-state index in [1.807, 2.05) is 18.4 Å². The monoisotopic (exact) mass is 211 g/mol. The summed E-state index contributed by atoms with van der Waals surface area (Å²) in [7, 11) is 0. The number of fused-ring (bicyclic) bond motifs is 1. The first kappa shape index (κ1) is 8.72. The van der Waals surface area contributed by atoms with Gasteiger partial charge in [-0.2, -0.15) is 0 Å². The second-order valence-corrected chi connectivity index (χ2v) is 4.63. The zero-order valence-electron chi connectivity index (χ0n) is 7.07. The lowest BCUT2D eigenvalue weighted by Gasteiger charge is -2.00. The van der Waals surface area contributed by atoms with Crippen LogP contribution in [0.15, 0.2) is 23.1 Å². The second-order valence-electron chi connectivity index (χ2n) is 2.72. The van der Waals surface area contributed by atoms with Crippen molar-refractivity contribution in [3.63, 3.8) is 0 Å². The van der Waals surface area contributed by atoms with E-state index in [1.165, 1.54) is 11.3 Å². The highest BCUT2D eigenvalue weighted by molar-refractivity contribution is 7.98. The number of nitrogens with two attached hydrogens (primary N) is 1. The molecule has 4 heteroatoms. The largest absolute Gasteiger partial charge is 0.499 e. The van der Waals surface area contributed by atoms with Crippen molar-refractivity contribution in [2.45, 2.75) is 4.90 Å². The van der Waals surface area contributed by atoms with Crippen LogP contribution in [-0.2, 0) is 0 Å². The molecule has 0 aliphatic rings. The lowest BCUT2D eigenvalue weighted by molar-refractivity contribution is 0.491. The predicted octanol–water partition coefficient (Wildman–Crippen LogP) is 2.91. The van der Waals surface area contributed by atoms with Gasteiger partial charge in [-0.3, -0.25) is 0 Å². The minimum atomic E-state index is 0.343. The van der Waals surface area contributed by atoms with Crippen LogP contribution in [0.3, 0.4) is 0 Å². The van der Waals surface area contributed by atoms with E-state index in [1.54, 1.807) is 17.8 Å². The number of hydrogen-bond acceptors (Lipinski definition) is 4. The molecule has 0 bridgehead atoms. The summed E-state index contributed by atoms with van der Waals surface area (Å²) in [6.07, 6.45) is 2.00. The quantitative estimate of drug-likeness (QED) is 0.563. The van der Waals surface area contributed by atoms with Gasteiger partial charge in [0.1, 0.15) is 0 Å². The summed E-state index contributed by atoms with van der Waals surface area (Å²) < 4.78 is 1.04. The Morgan fingerprint density at radius 3 is 2.85 bits per heavy atom. The third-order valence-electron chi connectivity index (χ3n) is 1.83. The number of aromatic hydroxyl groups is 1. The molecule has 68 valence electrons. The Labute approximate surface area is 84.4 Å². The van der Waals surface area contributed by atoms with Crippen molar-refractivity contribution < 1.29 is 5.11 Å². The molecule has 0 amide bonds. The van der Waals surface area contributed by atoms with E-state index in [4.69, 9.17) is 5.73 Å². The summed E-state index contributed by atoms with van der Waals surface area (Å²) in [5.74, 6) is 0. The first-order valence-corrected chi connectivity index (χ1v) is 5.81. The highest BCUT2D eigenvalue weighted by Crippen LogP contribution is 2.37. The highest BCUT2D eigenvalue weighted by atomic mass is 32.2. The number of thioether (sulfide) groups is 1. The molecule has 1 aromatic carbocycles. The molecule has 0 spiro atoms. The fourth-order valence-corrected chi connectivity index (χ4v) is 2.87. The average Bonchev–Trinajstić information content (AvgIpc) is 2.43. The number of benzene rings is 1. The summed E-state index contributed by atoms with van der Waals surface area (Å²) in [5, 5.41) is 10.8. The van der Waals surface area contributed by atoms with Crippen LogP contribution in [-0.4, -0.2) is 11.4 Å². The Kier molecular flexibility index (Phi) is 2.09. The Morgan fingerprint density at radius 2 is 2.15 bits per heavy atom. The number of hydrogen-bond donors (Lipinski definition) is 2. The van der Waals surface area contributed by atoms with Crippen LogP contribution in [0.4, 0.5) is 5.69 Å². The van der Waals surface area contributed by atoms with Gasteiger partial charge in [-0.05, 0) is 18.4 Å². The van der Waals surface area contributed by atoms with Crippen molar-refractivity contribution >= 4 is 38.9 Å². The molecule has 0 aliphatic carbocycles. The maximum absolute atomic E-state index is 9.34. The van der Waals surface area contributed by atoms with Crippen molar-refractivity contribution in [1.29, 1.82) is 0 Å². The van der Waals surface area contributed by atoms with Crippen LogP contribution < -0.4 is 5.73 Å². The van der Waals surface area contributed by atoms with Crippen molar-refractivity contribution in [3.8, 4) is 5.06 Å². The molecule has 0 saturated heterocycles. The molecular weight excluding hydrogens is 202 g/mol. The summed E-state index contributed by atoms with van der Waals surface area (Å²) >= 11 is 3.00. The Bertz CT molecular complexity index is 450. The van der Waals surface area contributed by atoms with E-state index in [0.717, 1.165) is 20.7 Å². The Hall–Kier alpha value is -0.870. The SMILES string of the molecule is CSc1cc(N)cc2sc(O)cc12. The van der Waals surface area contributed by atoms with Crippen molar-refractivity contribution in [2.24, 2.45) is 0 Å². The van der Waals surface area contributed by atoms with E-state index in [2.05, 4.69) is 0 Å². The Morgan fingerprint density at radius 1 is 1.38 bits per heavy atom. The van der Waals surface area contributed by atoms with Gasteiger partial charge in [0.2, 0.25) is 0 Å². The zero-order valence-corrected chi connectivity index (χ0v) is 8.71. The third kappa shape index (κ3) is 1.47. The van der Waals surface area contributed by atoms with Gasteiger partial charge in [-0.15, -0.1) is 11.8 Å². The third-order valence-corrected chi connectivity index (χ3v) is 3.49. The lowest BCUT2D eigenvalue weighted by Crippen LogP contribution is -1.83. The topological polar surface area (TPSA) is 46.2 Å². The van der Waals surface area contributed by atoms with Crippen molar-refractivity contribution in [3.05, 3.63) is 18.2 Å². The van der Waals surface area contributed by atoms with Gasteiger partial charge >= 0.3 is 0 Å². The van der Waals surface area contributed by atoms with Crippen LogP contribution >= 0.6 is 23.1 Å². The summed E-state index contributed by atoms with van der Waals surface area (Å²) in [5.41, 5.74) is 6.47. The first-order valence-electron chi connectivity index (χ1n) is 3.76. The fourth-order valence-electron chi connectivity index (χ4n) is 1.28. The summed E-state index contributed by atoms with van der Waals surface area (Å²) in [6.45, 7) is 0. The number of thiophene rings is 1. The molecule has 3 N–H and O–H groups in total. The molecule has 2 rings (SSSR count). The van der Waals surface area contributed by atoms with Crippen molar-refractivity contribution in [1.82, 2.24) is 0 Å². The normalized spacial score (nSPS) is 10.8. The van der Waals surface area contributed by atoms with Crippen LogP contribution in [0.5, 0.6) is 5.06 Å². The van der Waals surface area contributed by atoms with Gasteiger partial charge in [-0.25, -0.2) is 0 Å². The fraction of sp³-hybridized carbons (Fsp3) is 0.111. The van der Waals surface area contributed by atoms with Crippen LogP contribution in [0, 0.1) is 0 Å². The average molecular weight is 211 g/mol. The maximum Gasteiger partial charge on any atom is 0.172 e. The van der Waals surface area contributed by atoms with Gasteiger partial charge in [-0.1, -0.05) is 11.3 Å². The Balaban J connectivity index is 2.80. The molecule has 2 aromatic rings. The molecule has 13 heavy (non-hydrogen) atoms. The summed E-state index contributed by atoms with van der Waals surface area (Å²) in [6, 6.07) is 5.60. The van der Waals surface area contributed by atoms with Gasteiger partial charge < -0.3 is 10.8 Å². The number of anilines is 1. The van der Waals surface area contributed by atoms with E-state index < -0.39 is 0 Å². The van der Waals surface area contributed by atoms with E-state index in [9.17, 15) is 5.11 Å². The molecule has 2 nitrogen and oxygen atoms in total. The molecule has 0 saturated carbocycles.